The van der Waals surface area contributed by atoms with Gasteiger partial charge in [0.05, 0.1) is 0 Å². The molecule has 2 heterocycles. The van der Waals surface area contributed by atoms with E-state index in [1.54, 1.807) is 0 Å². The molecule has 100 valence electrons. The fraction of sp³-hybridized carbons (Fsp3) is 0.692. The highest BCUT2D eigenvalue weighted by atomic mass is 15.2. The first-order valence-electron chi connectivity index (χ1n) is 6.69. The lowest BCUT2D eigenvalue weighted by Gasteiger charge is -2.35. The van der Waals surface area contributed by atoms with Crippen LogP contribution in [0.4, 0.5) is 11.8 Å². The molecule has 1 aromatic rings. The molecule has 18 heavy (non-hydrogen) atoms. The average Bonchev–Trinajstić information content (AvgIpc) is 2.39. The molecule has 2 rings (SSSR count). The van der Waals surface area contributed by atoms with Crippen molar-refractivity contribution >= 4 is 11.8 Å². The molecule has 1 N–H and O–H groups in total. The van der Waals surface area contributed by atoms with E-state index in [1.807, 2.05) is 12.3 Å². The van der Waals surface area contributed by atoms with Gasteiger partial charge in [-0.15, -0.1) is 0 Å². The fourth-order valence-electron chi connectivity index (χ4n) is 2.38. The monoisotopic (exact) mass is 249 g/mol. The molecular formula is C13H23N5. The van der Waals surface area contributed by atoms with E-state index < -0.39 is 0 Å². The third kappa shape index (κ3) is 3.10. The van der Waals surface area contributed by atoms with Crippen molar-refractivity contribution in [1.82, 2.24) is 14.9 Å². The molecule has 0 unspecified atom stereocenters. The van der Waals surface area contributed by atoms with Crippen molar-refractivity contribution < 1.29 is 0 Å². The maximum absolute atomic E-state index is 4.55. The lowest BCUT2D eigenvalue weighted by Crippen LogP contribution is -2.42. The van der Waals surface area contributed by atoms with E-state index in [1.165, 1.54) is 12.8 Å². The molecule has 1 fully saturated rings. The van der Waals surface area contributed by atoms with Crippen molar-refractivity contribution in [2.24, 2.45) is 0 Å². The summed E-state index contributed by atoms with van der Waals surface area (Å²) in [4.78, 5) is 13.4. The maximum atomic E-state index is 4.55. The highest BCUT2D eigenvalue weighted by Crippen LogP contribution is 2.20. The van der Waals surface area contributed by atoms with Crippen LogP contribution in [0.1, 0.15) is 19.8 Å². The molecule has 0 aromatic carbocycles. The number of rotatable bonds is 4. The summed E-state index contributed by atoms with van der Waals surface area (Å²) in [5, 5.41) is 3.16. The SMILES string of the molecule is CCNc1nccc(N2CCC(N(C)C)CC2)n1. The second kappa shape index (κ2) is 6.00. The van der Waals surface area contributed by atoms with Crippen LogP contribution in [0.3, 0.4) is 0 Å². The molecule has 5 heteroatoms. The molecule has 0 atom stereocenters. The molecule has 1 aliphatic rings. The summed E-state index contributed by atoms with van der Waals surface area (Å²) in [6, 6.07) is 2.70. The maximum Gasteiger partial charge on any atom is 0.224 e. The summed E-state index contributed by atoms with van der Waals surface area (Å²) in [5.74, 6) is 1.77. The minimum absolute atomic E-state index is 0.705. The van der Waals surface area contributed by atoms with Crippen LogP contribution in [0.5, 0.6) is 0 Å². The van der Waals surface area contributed by atoms with Crippen molar-refractivity contribution in [3.8, 4) is 0 Å². The predicted octanol–water partition coefficient (Wildman–Crippen LogP) is 1.44. The number of piperidine rings is 1. The van der Waals surface area contributed by atoms with Gasteiger partial charge < -0.3 is 15.1 Å². The molecule has 1 aromatic heterocycles. The largest absolute Gasteiger partial charge is 0.356 e. The summed E-state index contributed by atoms with van der Waals surface area (Å²) in [6.07, 6.45) is 4.24. The van der Waals surface area contributed by atoms with Gasteiger partial charge in [0.2, 0.25) is 5.95 Å². The van der Waals surface area contributed by atoms with E-state index >= 15 is 0 Å². The Hall–Kier alpha value is -1.36. The Morgan fingerprint density at radius 2 is 2.11 bits per heavy atom. The lowest BCUT2D eigenvalue weighted by molar-refractivity contribution is 0.249. The smallest absolute Gasteiger partial charge is 0.224 e. The molecule has 0 spiro atoms. The zero-order chi connectivity index (χ0) is 13.0. The Balaban J connectivity index is 1.98. The highest BCUT2D eigenvalue weighted by Gasteiger charge is 2.21. The van der Waals surface area contributed by atoms with Crippen molar-refractivity contribution in [2.45, 2.75) is 25.8 Å². The zero-order valence-corrected chi connectivity index (χ0v) is 11.6. The van der Waals surface area contributed by atoms with Gasteiger partial charge in [0.15, 0.2) is 0 Å². The van der Waals surface area contributed by atoms with Crippen molar-refractivity contribution in [3.63, 3.8) is 0 Å². The number of aromatic nitrogens is 2. The van der Waals surface area contributed by atoms with Crippen LogP contribution in [-0.2, 0) is 0 Å². The van der Waals surface area contributed by atoms with Gasteiger partial charge in [0.25, 0.3) is 0 Å². The normalized spacial score (nSPS) is 17.2. The van der Waals surface area contributed by atoms with Crippen molar-refractivity contribution in [1.29, 1.82) is 0 Å². The number of nitrogens with zero attached hydrogens (tertiary/aromatic N) is 4. The van der Waals surface area contributed by atoms with Gasteiger partial charge in [-0.1, -0.05) is 0 Å². The van der Waals surface area contributed by atoms with Crippen LogP contribution in [0.25, 0.3) is 0 Å². The minimum atomic E-state index is 0.705. The predicted molar refractivity (Wildman–Crippen MR) is 75.1 cm³/mol. The van der Waals surface area contributed by atoms with Gasteiger partial charge in [-0.2, -0.15) is 4.98 Å². The first-order chi connectivity index (χ1) is 8.70. The van der Waals surface area contributed by atoms with E-state index in [-0.39, 0.29) is 0 Å². The van der Waals surface area contributed by atoms with Gasteiger partial charge in [-0.3, -0.25) is 0 Å². The molecule has 1 aliphatic heterocycles. The third-order valence-electron chi connectivity index (χ3n) is 3.49. The van der Waals surface area contributed by atoms with Gasteiger partial charge >= 0.3 is 0 Å². The number of anilines is 2. The second-order valence-electron chi connectivity index (χ2n) is 4.95. The fourth-order valence-corrected chi connectivity index (χ4v) is 2.38. The Morgan fingerprint density at radius 1 is 1.39 bits per heavy atom. The number of hydrogen-bond acceptors (Lipinski definition) is 5. The molecule has 5 nitrogen and oxygen atoms in total. The third-order valence-corrected chi connectivity index (χ3v) is 3.49. The quantitative estimate of drug-likeness (QED) is 0.874. The van der Waals surface area contributed by atoms with Crippen LogP contribution in [-0.4, -0.2) is 54.6 Å². The molecule has 0 saturated carbocycles. The van der Waals surface area contributed by atoms with Gasteiger partial charge in [-0.25, -0.2) is 4.98 Å². The van der Waals surface area contributed by atoms with Gasteiger partial charge in [0, 0.05) is 31.9 Å². The van der Waals surface area contributed by atoms with E-state index in [2.05, 4.69) is 46.1 Å². The number of hydrogen-bond donors (Lipinski definition) is 1. The summed E-state index contributed by atoms with van der Waals surface area (Å²) < 4.78 is 0. The molecule has 1 saturated heterocycles. The summed E-state index contributed by atoms with van der Waals surface area (Å²) in [7, 11) is 4.32. The Bertz CT molecular complexity index is 371. The Morgan fingerprint density at radius 3 is 2.72 bits per heavy atom. The summed E-state index contributed by atoms with van der Waals surface area (Å²) in [6.45, 7) is 5.06. The first kappa shape index (κ1) is 13.1. The first-order valence-corrected chi connectivity index (χ1v) is 6.69. The Kier molecular flexibility index (Phi) is 4.36. The summed E-state index contributed by atoms with van der Waals surface area (Å²) in [5.41, 5.74) is 0. The van der Waals surface area contributed by atoms with E-state index in [0.717, 1.165) is 31.4 Å². The molecule has 0 radical (unpaired) electrons. The summed E-state index contributed by atoms with van der Waals surface area (Å²) >= 11 is 0. The molecule has 0 bridgehead atoms. The second-order valence-corrected chi connectivity index (χ2v) is 4.95. The van der Waals surface area contributed by atoms with Crippen LogP contribution in [0.2, 0.25) is 0 Å². The van der Waals surface area contributed by atoms with Crippen LogP contribution < -0.4 is 10.2 Å². The lowest BCUT2D eigenvalue weighted by atomic mass is 10.0. The zero-order valence-electron chi connectivity index (χ0n) is 11.6. The molecule has 0 amide bonds. The highest BCUT2D eigenvalue weighted by molar-refractivity contribution is 5.42. The van der Waals surface area contributed by atoms with Crippen LogP contribution >= 0.6 is 0 Å². The van der Waals surface area contributed by atoms with Crippen LogP contribution in [0, 0.1) is 0 Å². The van der Waals surface area contributed by atoms with Crippen LogP contribution in [0.15, 0.2) is 12.3 Å². The molecular weight excluding hydrogens is 226 g/mol. The van der Waals surface area contributed by atoms with Crippen molar-refractivity contribution in [2.75, 3.05) is 43.9 Å². The van der Waals surface area contributed by atoms with E-state index in [0.29, 0.717) is 6.04 Å². The Labute approximate surface area is 109 Å². The average molecular weight is 249 g/mol. The standard InChI is InChI=1S/C13H23N5/c1-4-14-13-15-8-5-12(16-13)18-9-6-11(7-10-18)17(2)3/h5,8,11H,4,6-7,9-10H2,1-3H3,(H,14,15,16). The van der Waals surface area contributed by atoms with E-state index in [4.69, 9.17) is 0 Å². The molecule has 0 aliphatic carbocycles. The number of nitrogens with one attached hydrogen (secondary N) is 1. The van der Waals surface area contributed by atoms with Crippen molar-refractivity contribution in [3.05, 3.63) is 12.3 Å². The van der Waals surface area contributed by atoms with Gasteiger partial charge in [0.1, 0.15) is 5.82 Å². The van der Waals surface area contributed by atoms with Gasteiger partial charge in [-0.05, 0) is 39.9 Å². The minimum Gasteiger partial charge on any atom is -0.356 e. The van der Waals surface area contributed by atoms with E-state index in [9.17, 15) is 0 Å². The topological polar surface area (TPSA) is 44.3 Å².